The van der Waals surface area contributed by atoms with Crippen molar-refractivity contribution in [2.75, 3.05) is 19.8 Å². The topological polar surface area (TPSA) is 60.0 Å². The second-order valence-electron chi connectivity index (χ2n) is 5.37. The van der Waals surface area contributed by atoms with Gasteiger partial charge in [0.1, 0.15) is 0 Å². The van der Waals surface area contributed by atoms with Gasteiger partial charge in [-0.05, 0) is 25.3 Å². The lowest BCUT2D eigenvalue weighted by Crippen LogP contribution is -2.58. The number of benzene rings is 1. The summed E-state index contributed by atoms with van der Waals surface area (Å²) in [5.74, 6) is 0.214. The molecule has 22 heavy (non-hydrogen) atoms. The first kappa shape index (κ1) is 19.1. The van der Waals surface area contributed by atoms with Crippen molar-refractivity contribution in [3.8, 4) is 0 Å². The Kier molecular flexibility index (Phi) is 8.60. The van der Waals surface area contributed by atoms with Crippen LogP contribution in [-0.4, -0.2) is 37.1 Å². The van der Waals surface area contributed by atoms with E-state index >= 15 is 0 Å². The Balaban J connectivity index is 2.83. The van der Waals surface area contributed by atoms with Gasteiger partial charge in [-0.25, -0.2) is 5.32 Å². The second kappa shape index (κ2) is 9.92. The van der Waals surface area contributed by atoms with Gasteiger partial charge < -0.3 is 19.3 Å². The molecular formula is C17H29NO4. The maximum absolute atomic E-state index is 9.55. The highest BCUT2D eigenvalue weighted by Gasteiger charge is 2.36. The minimum absolute atomic E-state index is 0.0196. The van der Waals surface area contributed by atoms with E-state index in [0.717, 1.165) is 5.56 Å². The summed E-state index contributed by atoms with van der Waals surface area (Å²) >= 11 is 0. The third-order valence-corrected chi connectivity index (χ3v) is 3.30. The van der Waals surface area contributed by atoms with Crippen molar-refractivity contribution in [1.82, 2.24) is 5.32 Å². The molecule has 0 amide bonds. The molecule has 0 aromatic heterocycles. The van der Waals surface area contributed by atoms with Gasteiger partial charge in [-0.1, -0.05) is 44.2 Å². The van der Waals surface area contributed by atoms with Gasteiger partial charge in [0.15, 0.2) is 0 Å². The lowest BCUT2D eigenvalue weighted by atomic mass is 10.1. The molecule has 5 heteroatoms. The predicted octanol–water partition coefficient (Wildman–Crippen LogP) is 2.49. The van der Waals surface area contributed by atoms with E-state index in [9.17, 15) is 5.11 Å². The fourth-order valence-electron chi connectivity index (χ4n) is 2.03. The first-order valence-corrected chi connectivity index (χ1v) is 7.91. The van der Waals surface area contributed by atoms with Gasteiger partial charge in [-0.3, -0.25) is 0 Å². The summed E-state index contributed by atoms with van der Waals surface area (Å²) in [6.45, 7) is 8.99. The normalized spacial score (nSPS) is 13.5. The number of rotatable bonds is 11. The summed E-state index contributed by atoms with van der Waals surface area (Å²) in [6, 6.07) is 9.65. The number of aliphatic hydroxyl groups excluding tert-OH is 1. The Morgan fingerprint density at radius 2 is 1.64 bits per heavy atom. The molecule has 2 N–H and O–H groups in total. The summed E-state index contributed by atoms with van der Waals surface area (Å²) in [5, 5.41) is 12.7. The van der Waals surface area contributed by atoms with Crippen LogP contribution < -0.4 is 5.32 Å². The van der Waals surface area contributed by atoms with E-state index in [1.807, 2.05) is 58.0 Å². The molecule has 126 valence electrons. The van der Waals surface area contributed by atoms with Gasteiger partial charge in [0.05, 0.1) is 26.4 Å². The van der Waals surface area contributed by atoms with Crippen molar-refractivity contribution in [3.63, 3.8) is 0 Å². The second-order valence-corrected chi connectivity index (χ2v) is 5.37. The van der Waals surface area contributed by atoms with Crippen molar-refractivity contribution in [2.45, 2.75) is 46.4 Å². The monoisotopic (exact) mass is 311 g/mol. The van der Waals surface area contributed by atoms with Crippen LogP contribution in [0.4, 0.5) is 0 Å². The number of hydrogen-bond donors (Lipinski definition) is 2. The molecule has 0 aliphatic carbocycles. The zero-order valence-corrected chi connectivity index (χ0v) is 14.0. The summed E-state index contributed by atoms with van der Waals surface area (Å²) in [6.07, 6.45) is -1.35. The molecule has 1 aromatic carbocycles. The van der Waals surface area contributed by atoms with E-state index in [4.69, 9.17) is 14.2 Å². The molecule has 0 spiro atoms. The SMILES string of the molecule is CCOC(N[C@H](CO)C(C)C)(OCC)OCc1ccccc1. The van der Waals surface area contributed by atoms with Gasteiger partial charge in [0.2, 0.25) is 0 Å². The lowest BCUT2D eigenvalue weighted by molar-refractivity contribution is -0.403. The maximum atomic E-state index is 9.55. The van der Waals surface area contributed by atoms with Crippen LogP contribution in [0.2, 0.25) is 0 Å². The van der Waals surface area contributed by atoms with Crippen molar-refractivity contribution < 1.29 is 19.3 Å². The molecule has 0 saturated carbocycles. The molecule has 1 aromatic rings. The molecular weight excluding hydrogens is 282 g/mol. The van der Waals surface area contributed by atoms with Crippen LogP contribution in [0.5, 0.6) is 0 Å². The molecule has 0 saturated heterocycles. The highest BCUT2D eigenvalue weighted by molar-refractivity contribution is 5.13. The molecule has 0 aliphatic heterocycles. The highest BCUT2D eigenvalue weighted by atomic mass is 16.9. The molecule has 0 fully saturated rings. The molecule has 0 heterocycles. The van der Waals surface area contributed by atoms with Crippen LogP contribution in [0.1, 0.15) is 33.3 Å². The quantitative estimate of drug-likeness (QED) is 0.615. The third-order valence-electron chi connectivity index (χ3n) is 3.30. The molecule has 0 aliphatic rings. The molecule has 1 rings (SSSR count). The van der Waals surface area contributed by atoms with Crippen LogP contribution in [0, 0.1) is 5.92 Å². The first-order valence-electron chi connectivity index (χ1n) is 7.91. The molecule has 5 nitrogen and oxygen atoms in total. The molecule has 0 radical (unpaired) electrons. The fraction of sp³-hybridized carbons (Fsp3) is 0.647. The number of ether oxygens (including phenoxy) is 3. The first-order chi connectivity index (χ1) is 10.6. The van der Waals surface area contributed by atoms with Crippen LogP contribution in [0.25, 0.3) is 0 Å². The van der Waals surface area contributed by atoms with Crippen molar-refractivity contribution in [2.24, 2.45) is 5.92 Å². The minimum Gasteiger partial charge on any atom is -0.395 e. The maximum Gasteiger partial charge on any atom is 0.351 e. The van der Waals surface area contributed by atoms with Gasteiger partial charge in [-0.2, -0.15) is 0 Å². The molecule has 1 atom stereocenters. The van der Waals surface area contributed by atoms with Gasteiger partial charge in [0.25, 0.3) is 0 Å². The van der Waals surface area contributed by atoms with Crippen LogP contribution in [-0.2, 0) is 20.8 Å². The van der Waals surface area contributed by atoms with Crippen LogP contribution >= 0.6 is 0 Å². The van der Waals surface area contributed by atoms with Crippen molar-refractivity contribution >= 4 is 0 Å². The van der Waals surface area contributed by atoms with Crippen LogP contribution in [0.3, 0.4) is 0 Å². The Morgan fingerprint density at radius 1 is 1.05 bits per heavy atom. The zero-order valence-electron chi connectivity index (χ0n) is 14.0. The third kappa shape index (κ3) is 6.02. The van der Waals surface area contributed by atoms with Crippen molar-refractivity contribution in [3.05, 3.63) is 35.9 Å². The van der Waals surface area contributed by atoms with E-state index in [2.05, 4.69) is 5.32 Å². The predicted molar refractivity (Wildman–Crippen MR) is 86.1 cm³/mol. The molecule has 0 unspecified atom stereocenters. The summed E-state index contributed by atoms with van der Waals surface area (Å²) in [5.41, 5.74) is 1.03. The largest absolute Gasteiger partial charge is 0.395 e. The van der Waals surface area contributed by atoms with Crippen molar-refractivity contribution in [1.29, 1.82) is 0 Å². The summed E-state index contributed by atoms with van der Waals surface area (Å²) < 4.78 is 17.3. The zero-order chi connectivity index (χ0) is 16.4. The minimum atomic E-state index is -1.35. The van der Waals surface area contributed by atoms with Gasteiger partial charge in [-0.15, -0.1) is 0 Å². The lowest BCUT2D eigenvalue weighted by Gasteiger charge is -2.37. The number of nitrogens with one attached hydrogen (secondary N) is 1. The van der Waals surface area contributed by atoms with Crippen LogP contribution in [0.15, 0.2) is 30.3 Å². The van der Waals surface area contributed by atoms with E-state index in [-0.39, 0.29) is 18.6 Å². The smallest absolute Gasteiger partial charge is 0.351 e. The summed E-state index contributed by atoms with van der Waals surface area (Å²) in [7, 11) is 0. The Labute approximate surface area is 133 Å². The standard InChI is InChI=1S/C17H29NO4/c1-5-20-17(21-6-2,18-16(12-19)14(3)4)22-13-15-10-8-7-9-11-15/h7-11,14,16,18-19H,5-6,12-13H2,1-4H3/t16-/m1/s1. The number of aliphatic hydroxyl groups is 1. The van der Waals surface area contributed by atoms with E-state index in [0.29, 0.717) is 19.8 Å². The van der Waals surface area contributed by atoms with Gasteiger partial charge >= 0.3 is 6.10 Å². The average Bonchev–Trinajstić information content (AvgIpc) is 2.52. The average molecular weight is 311 g/mol. The Morgan fingerprint density at radius 3 is 2.09 bits per heavy atom. The highest BCUT2D eigenvalue weighted by Crippen LogP contribution is 2.18. The fourth-order valence-corrected chi connectivity index (χ4v) is 2.03. The van der Waals surface area contributed by atoms with E-state index in [1.54, 1.807) is 0 Å². The Bertz CT molecular complexity index is 391. The summed E-state index contributed by atoms with van der Waals surface area (Å²) in [4.78, 5) is 0. The Hall–Kier alpha value is -0.980. The van der Waals surface area contributed by atoms with E-state index in [1.165, 1.54) is 0 Å². The number of hydrogen-bond acceptors (Lipinski definition) is 5. The van der Waals surface area contributed by atoms with E-state index < -0.39 is 6.10 Å². The molecule has 0 bridgehead atoms. The van der Waals surface area contributed by atoms with Gasteiger partial charge in [0, 0.05) is 6.04 Å².